The molecule has 2 amide bonds. The fourth-order valence-electron chi connectivity index (χ4n) is 5.62. The van der Waals surface area contributed by atoms with Gasteiger partial charge < -0.3 is 31.8 Å². The summed E-state index contributed by atoms with van der Waals surface area (Å²) in [5.41, 5.74) is 21.4. The van der Waals surface area contributed by atoms with Gasteiger partial charge in [0.2, 0.25) is 0 Å². The molecule has 8 N–H and O–H groups in total. The molecule has 2 aliphatic rings. The van der Waals surface area contributed by atoms with Gasteiger partial charge in [0.25, 0.3) is 0 Å². The number of ether oxygens (including phenoxy) is 1. The van der Waals surface area contributed by atoms with Gasteiger partial charge in [0, 0.05) is 31.4 Å². The number of nitrogens with zero attached hydrogens (tertiary/aromatic N) is 4. The van der Waals surface area contributed by atoms with E-state index in [1.807, 2.05) is 89.8 Å². The number of unbranched alkanes of at least 4 members (excludes halogenated alkanes) is 5. The number of benzene rings is 2. The molecule has 0 fully saturated rings. The van der Waals surface area contributed by atoms with Crippen molar-refractivity contribution in [1.82, 2.24) is 26.5 Å². The summed E-state index contributed by atoms with van der Waals surface area (Å²) in [6, 6.07) is 17.1. The summed E-state index contributed by atoms with van der Waals surface area (Å²) in [4.78, 5) is 24.5. The summed E-state index contributed by atoms with van der Waals surface area (Å²) >= 11 is 0. The van der Waals surface area contributed by atoms with Gasteiger partial charge in [-0.3, -0.25) is 10.3 Å². The van der Waals surface area contributed by atoms with Gasteiger partial charge >= 0.3 is 6.03 Å². The Morgan fingerprint density at radius 1 is 1.02 bits per heavy atom. The van der Waals surface area contributed by atoms with Crippen molar-refractivity contribution in [3.8, 4) is 5.75 Å². The van der Waals surface area contributed by atoms with Gasteiger partial charge in [-0.05, 0) is 50.8 Å². The average Bonchev–Trinajstić information content (AvgIpc) is 3.59. The van der Waals surface area contributed by atoms with Crippen LogP contribution in [0.4, 0.5) is 10.5 Å². The Morgan fingerprint density at radius 3 is 2.60 bits per heavy atom. The first-order valence-electron chi connectivity index (χ1n) is 17.4. The van der Waals surface area contributed by atoms with E-state index < -0.39 is 6.04 Å². The van der Waals surface area contributed by atoms with E-state index in [1.54, 1.807) is 0 Å². The van der Waals surface area contributed by atoms with Gasteiger partial charge in [0.1, 0.15) is 11.8 Å². The number of amides is 2. The predicted octanol–water partition coefficient (Wildman–Crippen LogP) is 5.20. The predicted molar refractivity (Wildman–Crippen MR) is 195 cm³/mol. The Bertz CT molecular complexity index is 1380. The van der Waals surface area contributed by atoms with E-state index in [-0.39, 0.29) is 12.0 Å². The van der Waals surface area contributed by atoms with Crippen molar-refractivity contribution in [3.63, 3.8) is 0 Å². The van der Waals surface area contributed by atoms with Crippen LogP contribution in [-0.4, -0.2) is 55.6 Å². The lowest BCUT2D eigenvalue weighted by atomic mass is 10.0. The molecule has 0 spiro atoms. The molecule has 12 nitrogen and oxygen atoms in total. The lowest BCUT2D eigenvalue weighted by molar-refractivity contribution is 0.200. The summed E-state index contributed by atoms with van der Waals surface area (Å²) < 4.78 is 6.26. The van der Waals surface area contributed by atoms with Crippen molar-refractivity contribution in [3.05, 3.63) is 84.2 Å². The maximum atomic E-state index is 13.5. The fourth-order valence-corrected chi connectivity index (χ4v) is 5.62. The highest BCUT2D eigenvalue weighted by Gasteiger charge is 2.26. The van der Waals surface area contributed by atoms with Crippen molar-refractivity contribution >= 4 is 23.6 Å². The van der Waals surface area contributed by atoms with Crippen LogP contribution in [0, 0.1) is 0 Å². The second kappa shape index (κ2) is 20.5. The minimum atomic E-state index is -0.543. The Morgan fingerprint density at radius 2 is 1.77 bits per heavy atom. The first kappa shape index (κ1) is 36.1. The molecule has 2 aromatic rings. The molecule has 2 heterocycles. The highest BCUT2D eigenvalue weighted by atomic mass is 16.5. The number of hydrazine groups is 2. The third kappa shape index (κ3) is 12.1. The van der Waals surface area contributed by atoms with Crippen molar-refractivity contribution in [2.24, 2.45) is 21.5 Å². The summed E-state index contributed by atoms with van der Waals surface area (Å²) in [6.45, 7) is 5.37. The van der Waals surface area contributed by atoms with Crippen molar-refractivity contribution < 1.29 is 9.53 Å². The SMILES string of the molecule is C/C=C/CN=C(N)NCCCCCCCCN1CCCCCCOc2ccccc2C(C2=CN(c3ccccc3)NN2)N=C(N)NC1=O. The minimum Gasteiger partial charge on any atom is -0.493 e. The average molecular weight is 659 g/mol. The van der Waals surface area contributed by atoms with E-state index >= 15 is 0 Å². The zero-order valence-electron chi connectivity index (χ0n) is 28.4. The maximum absolute atomic E-state index is 13.5. The van der Waals surface area contributed by atoms with E-state index in [1.165, 1.54) is 0 Å². The molecular formula is C36H54N10O2. The number of anilines is 1. The quantitative estimate of drug-likeness (QED) is 0.0742. The molecule has 1 atom stereocenters. The normalized spacial score (nSPS) is 18.1. The zero-order chi connectivity index (χ0) is 33.8. The molecule has 0 radical (unpaired) electrons. The first-order chi connectivity index (χ1) is 23.5. The van der Waals surface area contributed by atoms with Crippen LogP contribution in [0.1, 0.15) is 82.7 Å². The number of hydrogen-bond donors (Lipinski definition) is 6. The smallest absolute Gasteiger partial charge is 0.324 e. The molecule has 48 heavy (non-hydrogen) atoms. The molecule has 260 valence electrons. The largest absolute Gasteiger partial charge is 0.493 e. The number of allylic oxidation sites excluding steroid dienone is 1. The van der Waals surface area contributed by atoms with Crippen LogP contribution in [0.3, 0.4) is 0 Å². The van der Waals surface area contributed by atoms with Crippen molar-refractivity contribution in [1.29, 1.82) is 0 Å². The number of guanidine groups is 2. The minimum absolute atomic E-state index is 0.0571. The maximum Gasteiger partial charge on any atom is 0.324 e. The van der Waals surface area contributed by atoms with Crippen LogP contribution in [-0.2, 0) is 0 Å². The van der Waals surface area contributed by atoms with Crippen LogP contribution in [0.15, 0.2) is 88.6 Å². The molecule has 0 aromatic heterocycles. The lowest BCUT2D eigenvalue weighted by Crippen LogP contribution is -2.47. The van der Waals surface area contributed by atoms with Gasteiger partial charge in [-0.25, -0.2) is 14.8 Å². The van der Waals surface area contributed by atoms with E-state index in [4.69, 9.17) is 21.2 Å². The first-order valence-corrected chi connectivity index (χ1v) is 17.4. The van der Waals surface area contributed by atoms with E-state index in [9.17, 15) is 4.79 Å². The summed E-state index contributed by atoms with van der Waals surface area (Å²) in [6.07, 6.45) is 16.3. The number of nitrogens with one attached hydrogen (secondary N) is 4. The highest BCUT2D eigenvalue weighted by Crippen LogP contribution is 2.34. The van der Waals surface area contributed by atoms with Crippen LogP contribution in [0.5, 0.6) is 5.75 Å². The van der Waals surface area contributed by atoms with Gasteiger partial charge in [0.05, 0.1) is 24.5 Å². The molecule has 0 saturated carbocycles. The zero-order valence-corrected chi connectivity index (χ0v) is 28.4. The number of carbonyl (C=O) groups excluding carboxylic acids is 1. The monoisotopic (exact) mass is 658 g/mol. The number of rotatable bonds is 13. The molecule has 4 rings (SSSR count). The topological polar surface area (TPSA) is 158 Å². The molecule has 0 aliphatic carbocycles. The van der Waals surface area contributed by atoms with E-state index in [0.717, 1.165) is 93.5 Å². The molecule has 2 aliphatic heterocycles. The van der Waals surface area contributed by atoms with Gasteiger partial charge in [0.15, 0.2) is 11.9 Å². The van der Waals surface area contributed by atoms with Crippen molar-refractivity contribution in [2.75, 3.05) is 37.8 Å². The molecular weight excluding hydrogens is 604 g/mol. The number of nitrogens with two attached hydrogens (primary N) is 2. The van der Waals surface area contributed by atoms with E-state index in [2.05, 4.69) is 26.6 Å². The third-order valence-electron chi connectivity index (χ3n) is 8.27. The number of hydrogen-bond acceptors (Lipinski definition) is 8. The number of para-hydroxylation sites is 2. The standard InChI is InChI=1S/C36H54N10O2/c1-2-3-23-39-34(37)40-24-15-6-4-5-7-16-25-45-26-17-8-9-18-27-48-32-22-14-13-21-30(32)33(41-35(38)42-36(45)47)31-28-46(44-43-31)29-19-11-10-12-20-29/h2-3,10-14,19-22,28,33,43-44H,4-9,15-18,23-27H2,1H3,(H3,37,39,40)(H3,38,41,42,47)/b3-2+. The highest BCUT2D eigenvalue weighted by molar-refractivity contribution is 5.95. The van der Waals surface area contributed by atoms with Crippen LogP contribution >= 0.6 is 0 Å². The Kier molecular flexibility index (Phi) is 15.4. The molecule has 1 unspecified atom stereocenters. The van der Waals surface area contributed by atoms with Gasteiger partial charge in [-0.2, -0.15) is 0 Å². The number of urea groups is 1. The molecule has 2 aromatic carbocycles. The number of carbonyl (C=O) groups is 1. The second-order valence-electron chi connectivity index (χ2n) is 12.0. The Hall–Kier alpha value is -4.71. The van der Waals surface area contributed by atoms with Crippen LogP contribution in [0.25, 0.3) is 0 Å². The molecule has 0 saturated heterocycles. The molecule has 12 heteroatoms. The third-order valence-corrected chi connectivity index (χ3v) is 8.27. The molecule has 0 bridgehead atoms. The van der Waals surface area contributed by atoms with Crippen LogP contribution < -0.4 is 42.8 Å². The lowest BCUT2D eigenvalue weighted by Gasteiger charge is -2.23. The fraction of sp³-hybridized carbons (Fsp3) is 0.472. The summed E-state index contributed by atoms with van der Waals surface area (Å²) in [5, 5.41) is 7.94. The summed E-state index contributed by atoms with van der Waals surface area (Å²) in [7, 11) is 0. The van der Waals surface area contributed by atoms with Gasteiger partial charge in [-0.1, -0.05) is 87.1 Å². The Labute approximate surface area is 285 Å². The van der Waals surface area contributed by atoms with Crippen molar-refractivity contribution in [2.45, 2.75) is 77.2 Å². The van der Waals surface area contributed by atoms with Gasteiger partial charge in [-0.15, -0.1) is 5.53 Å². The number of fused-ring (bicyclic) bond motifs is 1. The second-order valence-corrected chi connectivity index (χ2v) is 12.0. The summed E-state index contributed by atoms with van der Waals surface area (Å²) in [5.74, 6) is 1.30. The van der Waals surface area contributed by atoms with Crippen LogP contribution in [0.2, 0.25) is 0 Å². The Balaban J connectivity index is 1.35. The number of aliphatic imine (C=N–C) groups is 2. The van der Waals surface area contributed by atoms with E-state index in [0.29, 0.717) is 32.2 Å².